The van der Waals surface area contributed by atoms with Crippen molar-refractivity contribution in [3.63, 3.8) is 0 Å². The fraction of sp³-hybridized carbons (Fsp3) is 0.185. The van der Waals surface area contributed by atoms with Crippen LogP contribution in [0.4, 0.5) is 0 Å². The summed E-state index contributed by atoms with van der Waals surface area (Å²) in [7, 11) is 0. The maximum Gasteiger partial charge on any atom is 0.290 e. The minimum Gasteiger partial charge on any atom is -0.494 e. The molecule has 0 radical (unpaired) electrons. The summed E-state index contributed by atoms with van der Waals surface area (Å²) in [6, 6.07) is 21.9. The standard InChI is InChI=1S/C27H23BrN4O2/c1-2-34-18-10-7-16(8-11-18)25-24-20(19-5-3-4-6-21(19)29-24)13-14-32(25)27(33)26-30-22-12-9-17(28)15-23(22)31-26/h3-12,15,25,29H,2,13-14H2,1H3,(H,30,31)/t25-/m1/s1. The molecular weight excluding hydrogens is 492 g/mol. The van der Waals surface area contributed by atoms with Crippen LogP contribution in [0, 0.1) is 0 Å². The Morgan fingerprint density at radius 2 is 1.91 bits per heavy atom. The Labute approximate surface area is 205 Å². The molecule has 0 unspecified atom stereocenters. The first kappa shape index (κ1) is 21.0. The molecule has 1 aliphatic rings. The van der Waals surface area contributed by atoms with Gasteiger partial charge in [0.1, 0.15) is 5.75 Å². The van der Waals surface area contributed by atoms with Gasteiger partial charge in [-0.1, -0.05) is 46.3 Å². The SMILES string of the molecule is CCOc1ccc([C@@H]2c3[nH]c4ccccc4c3CCN2C(=O)c2nc3ccc(Br)cc3[nH]2)cc1. The van der Waals surface area contributed by atoms with Crippen molar-refractivity contribution in [3.05, 3.63) is 93.8 Å². The normalized spacial score (nSPS) is 15.6. The van der Waals surface area contributed by atoms with E-state index < -0.39 is 0 Å². The topological polar surface area (TPSA) is 74.0 Å². The third kappa shape index (κ3) is 3.47. The number of ether oxygens (including phenoxy) is 1. The molecule has 1 aliphatic heterocycles. The van der Waals surface area contributed by atoms with Crippen LogP contribution in [0.1, 0.15) is 40.4 Å². The second-order valence-electron chi connectivity index (χ2n) is 8.46. The van der Waals surface area contributed by atoms with E-state index in [4.69, 9.17) is 4.74 Å². The molecular formula is C27H23BrN4O2. The summed E-state index contributed by atoms with van der Waals surface area (Å²) in [5.41, 5.74) is 6.05. The van der Waals surface area contributed by atoms with Crippen LogP contribution in [0.3, 0.4) is 0 Å². The molecule has 0 saturated heterocycles. The van der Waals surface area contributed by atoms with Gasteiger partial charge in [0, 0.05) is 27.6 Å². The molecule has 0 aliphatic carbocycles. The molecule has 0 saturated carbocycles. The predicted octanol–water partition coefficient (Wildman–Crippen LogP) is 5.99. The number of benzene rings is 3. The summed E-state index contributed by atoms with van der Waals surface area (Å²) < 4.78 is 6.59. The van der Waals surface area contributed by atoms with Crippen molar-refractivity contribution in [3.8, 4) is 5.75 Å². The molecule has 6 nitrogen and oxygen atoms in total. The van der Waals surface area contributed by atoms with Gasteiger partial charge in [-0.2, -0.15) is 0 Å². The molecule has 2 N–H and O–H groups in total. The van der Waals surface area contributed by atoms with Gasteiger partial charge in [0.15, 0.2) is 5.82 Å². The van der Waals surface area contributed by atoms with Crippen molar-refractivity contribution in [1.29, 1.82) is 0 Å². The molecule has 5 aromatic rings. The van der Waals surface area contributed by atoms with E-state index in [2.05, 4.69) is 49.1 Å². The number of halogens is 1. The van der Waals surface area contributed by atoms with E-state index in [9.17, 15) is 4.79 Å². The maximum absolute atomic E-state index is 13.8. The fourth-order valence-electron chi connectivity index (χ4n) is 4.94. The Morgan fingerprint density at radius 1 is 1.09 bits per heavy atom. The number of para-hydroxylation sites is 1. The van der Waals surface area contributed by atoms with Crippen LogP contribution in [0.15, 0.2) is 71.2 Å². The minimum absolute atomic E-state index is 0.115. The van der Waals surface area contributed by atoms with Gasteiger partial charge in [-0.05, 0) is 60.9 Å². The molecule has 170 valence electrons. The highest BCUT2D eigenvalue weighted by atomic mass is 79.9. The number of aromatic amines is 2. The number of carbonyl (C=O) groups is 1. The summed E-state index contributed by atoms with van der Waals surface area (Å²) in [5.74, 6) is 1.05. The number of fused-ring (bicyclic) bond motifs is 4. The fourth-order valence-corrected chi connectivity index (χ4v) is 5.30. The highest BCUT2D eigenvalue weighted by Gasteiger charge is 2.36. The van der Waals surface area contributed by atoms with Crippen molar-refractivity contribution < 1.29 is 9.53 Å². The Morgan fingerprint density at radius 3 is 2.74 bits per heavy atom. The van der Waals surface area contributed by atoms with Crippen LogP contribution in [-0.4, -0.2) is 38.9 Å². The number of nitrogens with one attached hydrogen (secondary N) is 2. The van der Waals surface area contributed by atoms with Gasteiger partial charge in [0.2, 0.25) is 0 Å². The molecule has 1 amide bonds. The Kier molecular flexibility index (Phi) is 5.14. The number of H-pyrrole nitrogens is 2. The maximum atomic E-state index is 13.8. The lowest BCUT2D eigenvalue weighted by atomic mass is 9.92. The van der Waals surface area contributed by atoms with Gasteiger partial charge in [-0.15, -0.1) is 0 Å². The average molecular weight is 515 g/mol. The van der Waals surface area contributed by atoms with Gasteiger partial charge in [-0.25, -0.2) is 4.98 Å². The third-order valence-electron chi connectivity index (χ3n) is 6.45. The quantitative estimate of drug-likeness (QED) is 0.309. The van der Waals surface area contributed by atoms with E-state index in [-0.39, 0.29) is 11.9 Å². The summed E-state index contributed by atoms with van der Waals surface area (Å²) in [4.78, 5) is 27.2. The number of amides is 1. The van der Waals surface area contributed by atoms with Crippen LogP contribution in [0.5, 0.6) is 5.75 Å². The predicted molar refractivity (Wildman–Crippen MR) is 136 cm³/mol. The van der Waals surface area contributed by atoms with Crippen LogP contribution < -0.4 is 4.74 Å². The zero-order chi connectivity index (χ0) is 23.2. The first-order valence-electron chi connectivity index (χ1n) is 11.4. The zero-order valence-electron chi connectivity index (χ0n) is 18.6. The number of aromatic nitrogens is 3. The molecule has 3 heterocycles. The lowest BCUT2D eigenvalue weighted by Gasteiger charge is -2.35. The van der Waals surface area contributed by atoms with E-state index in [1.807, 2.05) is 60.4 Å². The first-order chi connectivity index (χ1) is 16.6. The first-order valence-corrected chi connectivity index (χ1v) is 12.2. The Hall–Kier alpha value is -3.58. The second kappa shape index (κ2) is 8.33. The van der Waals surface area contributed by atoms with Crippen molar-refractivity contribution >= 4 is 43.8 Å². The molecule has 0 bridgehead atoms. The molecule has 7 heteroatoms. The van der Waals surface area contributed by atoms with E-state index in [0.29, 0.717) is 19.0 Å². The van der Waals surface area contributed by atoms with Gasteiger partial charge < -0.3 is 19.6 Å². The van der Waals surface area contributed by atoms with E-state index in [0.717, 1.165) is 44.5 Å². The van der Waals surface area contributed by atoms with E-state index in [1.165, 1.54) is 10.9 Å². The number of rotatable bonds is 4. The molecule has 0 fully saturated rings. The highest BCUT2D eigenvalue weighted by molar-refractivity contribution is 9.10. The monoisotopic (exact) mass is 514 g/mol. The lowest BCUT2D eigenvalue weighted by molar-refractivity contribution is 0.0681. The number of nitrogens with zero attached hydrogens (tertiary/aromatic N) is 2. The van der Waals surface area contributed by atoms with E-state index in [1.54, 1.807) is 0 Å². The van der Waals surface area contributed by atoms with Crippen LogP contribution >= 0.6 is 15.9 Å². The smallest absolute Gasteiger partial charge is 0.290 e. The minimum atomic E-state index is -0.251. The van der Waals surface area contributed by atoms with Crippen molar-refractivity contribution in [2.75, 3.05) is 13.2 Å². The third-order valence-corrected chi connectivity index (χ3v) is 6.94. The number of hydrogen-bond donors (Lipinski definition) is 2. The molecule has 2 aromatic heterocycles. The van der Waals surface area contributed by atoms with Crippen LogP contribution in [-0.2, 0) is 6.42 Å². The van der Waals surface area contributed by atoms with Gasteiger partial charge in [0.05, 0.1) is 23.7 Å². The van der Waals surface area contributed by atoms with Crippen molar-refractivity contribution in [1.82, 2.24) is 19.9 Å². The van der Waals surface area contributed by atoms with Crippen LogP contribution in [0.2, 0.25) is 0 Å². The molecule has 6 rings (SSSR count). The lowest BCUT2D eigenvalue weighted by Crippen LogP contribution is -2.41. The molecule has 3 aromatic carbocycles. The van der Waals surface area contributed by atoms with E-state index >= 15 is 0 Å². The zero-order valence-corrected chi connectivity index (χ0v) is 20.2. The van der Waals surface area contributed by atoms with Crippen molar-refractivity contribution in [2.45, 2.75) is 19.4 Å². The summed E-state index contributed by atoms with van der Waals surface area (Å²) in [5, 5.41) is 1.22. The highest BCUT2D eigenvalue weighted by Crippen LogP contribution is 2.39. The average Bonchev–Trinajstić information content (AvgIpc) is 3.45. The number of carbonyl (C=O) groups excluding carboxylic acids is 1. The van der Waals surface area contributed by atoms with Gasteiger partial charge >= 0.3 is 0 Å². The van der Waals surface area contributed by atoms with Crippen LogP contribution in [0.25, 0.3) is 21.9 Å². The Balaban J connectivity index is 1.46. The molecule has 0 spiro atoms. The summed E-state index contributed by atoms with van der Waals surface area (Å²) >= 11 is 3.49. The van der Waals surface area contributed by atoms with Gasteiger partial charge in [0.25, 0.3) is 5.91 Å². The molecule has 34 heavy (non-hydrogen) atoms. The Bertz CT molecular complexity index is 1520. The largest absolute Gasteiger partial charge is 0.494 e. The number of hydrogen-bond acceptors (Lipinski definition) is 3. The number of imidazole rings is 1. The van der Waals surface area contributed by atoms with Crippen molar-refractivity contribution in [2.24, 2.45) is 0 Å². The summed E-state index contributed by atoms with van der Waals surface area (Å²) in [6.07, 6.45) is 0.782. The van der Waals surface area contributed by atoms with Gasteiger partial charge in [-0.3, -0.25) is 4.79 Å². The summed E-state index contributed by atoms with van der Waals surface area (Å²) in [6.45, 7) is 3.19. The molecule has 1 atom stereocenters. The second-order valence-corrected chi connectivity index (χ2v) is 9.38.